The van der Waals surface area contributed by atoms with Crippen molar-refractivity contribution in [3.05, 3.63) is 24.0 Å². The number of hydrogen-bond acceptors (Lipinski definition) is 4. The number of nitrogens with zero attached hydrogens (tertiary/aromatic N) is 1. The van der Waals surface area contributed by atoms with Crippen molar-refractivity contribution in [1.29, 1.82) is 0 Å². The standard InChI is InChI=1S/C13H17N3O3S/c17-12(18)11-10(2-1-5-14-11)16-13(19)15-8-9-3-6-20-7-4-9/h1-2,5,9H,3-4,6-8H2,(H,17,18)(H2,15,16,19). The molecule has 3 N–H and O–H groups in total. The van der Waals surface area contributed by atoms with Crippen LogP contribution in [0, 0.1) is 5.92 Å². The van der Waals surface area contributed by atoms with E-state index in [0.717, 1.165) is 24.3 Å². The zero-order chi connectivity index (χ0) is 14.4. The summed E-state index contributed by atoms with van der Waals surface area (Å²) in [6.45, 7) is 0.620. The van der Waals surface area contributed by atoms with E-state index in [1.807, 2.05) is 11.8 Å². The van der Waals surface area contributed by atoms with Crippen molar-refractivity contribution >= 4 is 29.4 Å². The summed E-state index contributed by atoms with van der Waals surface area (Å²) < 4.78 is 0. The first-order valence-corrected chi connectivity index (χ1v) is 7.63. The van der Waals surface area contributed by atoms with Crippen LogP contribution in [0.5, 0.6) is 0 Å². The maximum atomic E-state index is 11.8. The molecule has 0 aliphatic carbocycles. The summed E-state index contributed by atoms with van der Waals surface area (Å²) in [6.07, 6.45) is 3.60. The number of nitrogens with one attached hydrogen (secondary N) is 2. The Morgan fingerprint density at radius 3 is 2.85 bits per heavy atom. The number of carbonyl (C=O) groups is 2. The number of amides is 2. The van der Waals surface area contributed by atoms with Gasteiger partial charge in [0.05, 0.1) is 5.69 Å². The van der Waals surface area contributed by atoms with Gasteiger partial charge in [0.15, 0.2) is 5.69 Å². The topological polar surface area (TPSA) is 91.3 Å². The van der Waals surface area contributed by atoms with Gasteiger partial charge in [0.1, 0.15) is 0 Å². The third kappa shape index (κ3) is 4.12. The largest absolute Gasteiger partial charge is 0.476 e. The number of anilines is 1. The Morgan fingerprint density at radius 2 is 2.15 bits per heavy atom. The van der Waals surface area contributed by atoms with Crippen LogP contribution in [0.2, 0.25) is 0 Å². The van der Waals surface area contributed by atoms with Crippen LogP contribution < -0.4 is 10.6 Å². The van der Waals surface area contributed by atoms with Gasteiger partial charge >= 0.3 is 12.0 Å². The van der Waals surface area contributed by atoms with Crippen LogP contribution in [0.25, 0.3) is 0 Å². The van der Waals surface area contributed by atoms with Crippen LogP contribution >= 0.6 is 11.8 Å². The fourth-order valence-electron chi connectivity index (χ4n) is 2.03. The second kappa shape index (κ2) is 7.14. The Labute approximate surface area is 121 Å². The third-order valence-corrected chi connectivity index (χ3v) is 4.20. The number of aromatic nitrogens is 1. The number of rotatable bonds is 4. The molecule has 2 rings (SSSR count). The molecule has 1 aromatic rings. The van der Waals surface area contributed by atoms with Gasteiger partial charge in [-0.05, 0) is 42.4 Å². The second-order valence-electron chi connectivity index (χ2n) is 4.60. The van der Waals surface area contributed by atoms with E-state index >= 15 is 0 Å². The number of thioether (sulfide) groups is 1. The molecule has 1 saturated heterocycles. The van der Waals surface area contributed by atoms with E-state index in [4.69, 9.17) is 5.11 Å². The quantitative estimate of drug-likeness (QED) is 0.790. The first kappa shape index (κ1) is 14.6. The van der Waals surface area contributed by atoms with Crippen LogP contribution in [0.15, 0.2) is 18.3 Å². The number of carboxylic acids is 1. The highest BCUT2D eigenvalue weighted by Gasteiger charge is 2.16. The predicted octanol–water partition coefficient (Wildman–Crippen LogP) is 2.04. The molecule has 0 bridgehead atoms. The molecule has 1 aliphatic rings. The Morgan fingerprint density at radius 1 is 1.40 bits per heavy atom. The first-order chi connectivity index (χ1) is 9.66. The van der Waals surface area contributed by atoms with Gasteiger partial charge in [0, 0.05) is 12.7 Å². The van der Waals surface area contributed by atoms with E-state index in [-0.39, 0.29) is 11.4 Å². The summed E-state index contributed by atoms with van der Waals surface area (Å²) in [5.41, 5.74) is 0.0495. The van der Waals surface area contributed by atoms with Crippen molar-refractivity contribution in [3.8, 4) is 0 Å². The summed E-state index contributed by atoms with van der Waals surface area (Å²) in [6, 6.07) is 2.71. The molecular formula is C13H17N3O3S. The third-order valence-electron chi connectivity index (χ3n) is 3.15. The predicted molar refractivity (Wildman–Crippen MR) is 78.3 cm³/mol. The number of hydrogen-bond donors (Lipinski definition) is 3. The van der Waals surface area contributed by atoms with E-state index in [0.29, 0.717) is 12.5 Å². The van der Waals surface area contributed by atoms with Crippen molar-refractivity contribution in [2.45, 2.75) is 12.8 Å². The highest BCUT2D eigenvalue weighted by Crippen LogP contribution is 2.21. The summed E-state index contributed by atoms with van der Waals surface area (Å²) in [4.78, 5) is 26.5. The minimum atomic E-state index is -1.16. The number of pyridine rings is 1. The van der Waals surface area contributed by atoms with Crippen LogP contribution in [-0.2, 0) is 0 Å². The molecule has 2 heterocycles. The highest BCUT2D eigenvalue weighted by atomic mass is 32.2. The Balaban J connectivity index is 1.86. The average molecular weight is 295 g/mol. The maximum absolute atomic E-state index is 11.8. The molecule has 1 fully saturated rings. The molecule has 0 radical (unpaired) electrons. The second-order valence-corrected chi connectivity index (χ2v) is 5.82. The van der Waals surface area contributed by atoms with Crippen LogP contribution in [-0.4, -0.2) is 40.1 Å². The Bertz CT molecular complexity index is 490. The molecule has 0 aromatic carbocycles. The molecule has 108 valence electrons. The maximum Gasteiger partial charge on any atom is 0.356 e. The fraction of sp³-hybridized carbons (Fsp3) is 0.462. The van der Waals surface area contributed by atoms with Crippen LogP contribution in [0.1, 0.15) is 23.3 Å². The number of carbonyl (C=O) groups excluding carboxylic acids is 1. The lowest BCUT2D eigenvalue weighted by atomic mass is 10.0. The smallest absolute Gasteiger partial charge is 0.356 e. The summed E-state index contributed by atoms with van der Waals surface area (Å²) >= 11 is 1.94. The minimum Gasteiger partial charge on any atom is -0.476 e. The zero-order valence-corrected chi connectivity index (χ0v) is 11.8. The normalized spacial score (nSPS) is 15.6. The van der Waals surface area contributed by atoms with Crippen molar-refractivity contribution in [2.24, 2.45) is 5.92 Å². The van der Waals surface area contributed by atoms with Crippen LogP contribution in [0.4, 0.5) is 10.5 Å². The summed E-state index contributed by atoms with van der Waals surface area (Å²) in [5.74, 6) is 1.62. The van der Waals surface area contributed by atoms with Gasteiger partial charge < -0.3 is 15.7 Å². The van der Waals surface area contributed by atoms with Gasteiger partial charge in [-0.1, -0.05) is 0 Å². The molecule has 2 amide bonds. The molecule has 7 heteroatoms. The molecule has 0 unspecified atom stereocenters. The van der Waals surface area contributed by atoms with Crippen molar-refractivity contribution in [1.82, 2.24) is 10.3 Å². The molecule has 1 aliphatic heterocycles. The van der Waals surface area contributed by atoms with Crippen LogP contribution in [0.3, 0.4) is 0 Å². The molecule has 1 aromatic heterocycles. The van der Waals surface area contributed by atoms with Gasteiger partial charge in [-0.2, -0.15) is 11.8 Å². The first-order valence-electron chi connectivity index (χ1n) is 6.47. The van der Waals surface area contributed by atoms with Gasteiger partial charge in [0.2, 0.25) is 0 Å². The fourth-order valence-corrected chi connectivity index (χ4v) is 3.23. The van der Waals surface area contributed by atoms with Gasteiger partial charge in [-0.15, -0.1) is 0 Å². The minimum absolute atomic E-state index is 0.156. The Hall–Kier alpha value is -1.76. The zero-order valence-electron chi connectivity index (χ0n) is 11.0. The lowest BCUT2D eigenvalue weighted by Crippen LogP contribution is -2.34. The van der Waals surface area contributed by atoms with E-state index in [2.05, 4.69) is 15.6 Å². The lowest BCUT2D eigenvalue weighted by Gasteiger charge is -2.21. The van der Waals surface area contributed by atoms with E-state index in [9.17, 15) is 9.59 Å². The number of carboxylic acid groups (broad SMARTS) is 1. The highest BCUT2D eigenvalue weighted by molar-refractivity contribution is 7.99. The Kier molecular flexibility index (Phi) is 5.23. The molecule has 0 spiro atoms. The van der Waals surface area contributed by atoms with Crippen molar-refractivity contribution < 1.29 is 14.7 Å². The van der Waals surface area contributed by atoms with E-state index in [1.165, 1.54) is 12.3 Å². The van der Waals surface area contributed by atoms with Gasteiger partial charge in [-0.25, -0.2) is 14.6 Å². The van der Waals surface area contributed by atoms with E-state index < -0.39 is 12.0 Å². The SMILES string of the molecule is O=C(NCC1CCSCC1)Nc1cccnc1C(=O)O. The lowest BCUT2D eigenvalue weighted by molar-refractivity contribution is 0.0692. The number of urea groups is 1. The molecule has 20 heavy (non-hydrogen) atoms. The van der Waals surface area contributed by atoms with Crippen molar-refractivity contribution in [3.63, 3.8) is 0 Å². The monoisotopic (exact) mass is 295 g/mol. The number of aromatic carboxylic acids is 1. The molecule has 0 atom stereocenters. The van der Waals surface area contributed by atoms with Gasteiger partial charge in [0.25, 0.3) is 0 Å². The molecular weight excluding hydrogens is 278 g/mol. The van der Waals surface area contributed by atoms with Crippen molar-refractivity contribution in [2.75, 3.05) is 23.4 Å². The summed E-state index contributed by atoms with van der Waals surface area (Å²) in [5, 5.41) is 14.3. The summed E-state index contributed by atoms with van der Waals surface area (Å²) in [7, 11) is 0. The molecule has 0 saturated carbocycles. The van der Waals surface area contributed by atoms with Gasteiger partial charge in [-0.3, -0.25) is 0 Å². The average Bonchev–Trinajstić information content (AvgIpc) is 2.46. The molecule has 6 nitrogen and oxygen atoms in total. The van der Waals surface area contributed by atoms with E-state index in [1.54, 1.807) is 6.07 Å².